The number of benzene rings is 2. The van der Waals surface area contributed by atoms with E-state index in [9.17, 15) is 29.4 Å². The second-order valence-electron chi connectivity index (χ2n) is 11.6. The van der Waals surface area contributed by atoms with E-state index in [0.717, 1.165) is 10.5 Å². The van der Waals surface area contributed by atoms with Crippen LogP contribution in [-0.2, 0) is 30.3 Å². The molecule has 0 fully saturated rings. The molecule has 3 atom stereocenters. The third kappa shape index (κ3) is 10.8. The fourth-order valence-electron chi connectivity index (χ4n) is 3.88. The van der Waals surface area contributed by atoms with Crippen molar-refractivity contribution in [1.82, 2.24) is 15.5 Å². The number of esters is 1. The van der Waals surface area contributed by atoms with Gasteiger partial charge in [0.25, 0.3) is 0 Å². The van der Waals surface area contributed by atoms with E-state index >= 15 is 0 Å². The first-order valence-electron chi connectivity index (χ1n) is 13.2. The zero-order valence-electron chi connectivity index (χ0n) is 24.6. The zero-order chi connectivity index (χ0) is 31.0. The van der Waals surface area contributed by atoms with Gasteiger partial charge in [0.1, 0.15) is 35.1 Å². The summed E-state index contributed by atoms with van der Waals surface area (Å²) in [5, 5.41) is 24.7. The molecule has 11 heteroatoms. The van der Waals surface area contributed by atoms with Gasteiger partial charge in [-0.1, -0.05) is 42.5 Å². The molecular formula is C30H41N3O8. The minimum absolute atomic E-state index is 0.0579. The molecule has 0 spiro atoms. The van der Waals surface area contributed by atoms with Crippen molar-refractivity contribution >= 4 is 23.9 Å². The lowest BCUT2D eigenvalue weighted by Gasteiger charge is -2.32. The highest BCUT2D eigenvalue weighted by atomic mass is 16.6. The number of nitrogens with zero attached hydrogens (tertiary/aromatic N) is 1. The third-order valence-electron chi connectivity index (χ3n) is 5.65. The minimum atomic E-state index is -1.42. The quantitative estimate of drug-likeness (QED) is 0.318. The molecule has 11 nitrogen and oxygen atoms in total. The highest BCUT2D eigenvalue weighted by Crippen LogP contribution is 2.24. The molecule has 0 heterocycles. The van der Waals surface area contributed by atoms with Gasteiger partial charge in [-0.15, -0.1) is 0 Å². The minimum Gasteiger partial charge on any atom is -0.508 e. The van der Waals surface area contributed by atoms with E-state index in [0.29, 0.717) is 5.56 Å². The largest absolute Gasteiger partial charge is 0.508 e. The van der Waals surface area contributed by atoms with Gasteiger partial charge in [0.2, 0.25) is 11.8 Å². The van der Waals surface area contributed by atoms with Crippen molar-refractivity contribution in [3.05, 3.63) is 65.7 Å². The number of aliphatic hydroxyl groups is 1. The van der Waals surface area contributed by atoms with Crippen molar-refractivity contribution in [1.29, 1.82) is 0 Å². The van der Waals surface area contributed by atoms with Gasteiger partial charge in [-0.2, -0.15) is 0 Å². The van der Waals surface area contributed by atoms with Gasteiger partial charge in [0, 0.05) is 13.5 Å². The van der Waals surface area contributed by atoms with Gasteiger partial charge >= 0.3 is 12.1 Å². The summed E-state index contributed by atoms with van der Waals surface area (Å²) in [5.41, 5.74) is -0.575. The van der Waals surface area contributed by atoms with Crippen LogP contribution < -0.4 is 10.6 Å². The first-order valence-corrected chi connectivity index (χ1v) is 13.2. The number of hydrogen-bond acceptors (Lipinski definition) is 8. The average Bonchev–Trinajstić information content (AvgIpc) is 2.86. The maximum absolute atomic E-state index is 13.8. The number of hydrogen-bond donors (Lipinski definition) is 4. The molecular weight excluding hydrogens is 530 g/mol. The summed E-state index contributed by atoms with van der Waals surface area (Å²) in [6.45, 7) is 9.32. The number of carbonyl (C=O) groups is 4. The molecule has 2 aromatic rings. The van der Waals surface area contributed by atoms with Crippen LogP contribution in [0.1, 0.15) is 58.7 Å². The Morgan fingerprint density at radius 2 is 1.39 bits per heavy atom. The first-order chi connectivity index (χ1) is 19.0. The van der Waals surface area contributed by atoms with Gasteiger partial charge < -0.3 is 35.2 Å². The van der Waals surface area contributed by atoms with Crippen molar-refractivity contribution in [2.24, 2.45) is 0 Å². The number of likely N-dealkylation sites (N-methyl/N-ethyl adjacent to an activating group) is 1. The molecule has 0 radical (unpaired) electrons. The molecule has 0 aliphatic rings. The van der Waals surface area contributed by atoms with Crippen molar-refractivity contribution < 1.29 is 38.9 Å². The summed E-state index contributed by atoms with van der Waals surface area (Å²) in [6, 6.07) is 10.9. The lowest BCUT2D eigenvalue weighted by atomic mass is 10.0. The number of aliphatic hydroxyl groups excluding tert-OH is 1. The SMILES string of the molecule is CN(C(=O)C(CO)NC(=O)OC(C)(C)C)C(C(=O)NC(Cc1ccccc1)C(=O)OC(C)(C)C)c1ccc(O)cc1. The Bertz CT molecular complexity index is 1190. The van der Waals surface area contributed by atoms with Crippen LogP contribution in [0.15, 0.2) is 54.6 Å². The van der Waals surface area contributed by atoms with Gasteiger partial charge in [-0.25, -0.2) is 9.59 Å². The van der Waals surface area contributed by atoms with Crippen LogP contribution in [0.5, 0.6) is 5.75 Å². The van der Waals surface area contributed by atoms with Crippen LogP contribution >= 0.6 is 0 Å². The monoisotopic (exact) mass is 571 g/mol. The average molecular weight is 572 g/mol. The second kappa shape index (κ2) is 14.0. The normalized spacial score (nSPS) is 13.8. The molecule has 0 saturated carbocycles. The standard InChI is InChI=1S/C30H41N3O8/c1-29(2,3)40-27(38)22(17-19-11-9-8-10-12-19)31-25(36)24(20-13-15-21(35)16-14-20)33(7)26(37)23(18-34)32-28(39)41-30(4,5)6/h8-16,22-24,34-35H,17-18H2,1-7H3,(H,31,36)(H,32,39). The summed E-state index contributed by atoms with van der Waals surface area (Å²) in [4.78, 5) is 53.8. The molecule has 0 aliphatic heterocycles. The molecule has 3 amide bonds. The first kappa shape index (κ1) is 33.1. The Balaban J connectivity index is 2.40. The number of carbonyl (C=O) groups excluding carboxylic acids is 4. The Kier molecular flexibility index (Phi) is 11.3. The number of aromatic hydroxyl groups is 1. The van der Waals surface area contributed by atoms with E-state index in [-0.39, 0.29) is 12.2 Å². The van der Waals surface area contributed by atoms with E-state index in [1.807, 2.05) is 30.3 Å². The van der Waals surface area contributed by atoms with E-state index in [4.69, 9.17) is 9.47 Å². The molecule has 0 saturated heterocycles. The summed E-state index contributed by atoms with van der Waals surface area (Å²) in [6.07, 6.45) is -0.794. The van der Waals surface area contributed by atoms with E-state index in [1.165, 1.54) is 31.3 Å². The maximum atomic E-state index is 13.8. The summed E-state index contributed by atoms with van der Waals surface area (Å²) in [5.74, 6) is -2.22. The number of amides is 3. The summed E-state index contributed by atoms with van der Waals surface area (Å²) < 4.78 is 10.8. The Morgan fingerprint density at radius 3 is 1.90 bits per heavy atom. The van der Waals surface area contributed by atoms with Crippen molar-refractivity contribution in [3.63, 3.8) is 0 Å². The topological polar surface area (TPSA) is 154 Å². The smallest absolute Gasteiger partial charge is 0.408 e. The fraction of sp³-hybridized carbons (Fsp3) is 0.467. The third-order valence-corrected chi connectivity index (χ3v) is 5.65. The number of nitrogens with one attached hydrogen (secondary N) is 2. The van der Waals surface area contributed by atoms with Crippen molar-refractivity contribution in [2.75, 3.05) is 13.7 Å². The number of phenols is 1. The van der Waals surface area contributed by atoms with Gasteiger partial charge in [0.05, 0.1) is 6.61 Å². The number of phenolic OH excluding ortho intramolecular Hbond substituents is 1. The molecule has 2 aromatic carbocycles. The fourth-order valence-corrected chi connectivity index (χ4v) is 3.88. The molecule has 0 aliphatic carbocycles. The van der Waals surface area contributed by atoms with E-state index < -0.39 is 59.8 Å². The highest BCUT2D eigenvalue weighted by molar-refractivity contribution is 5.93. The summed E-state index contributed by atoms with van der Waals surface area (Å²) in [7, 11) is 1.33. The van der Waals surface area contributed by atoms with Gasteiger partial charge in [-0.05, 0) is 64.8 Å². The molecule has 0 aromatic heterocycles. The van der Waals surface area contributed by atoms with Crippen LogP contribution in [0.2, 0.25) is 0 Å². The predicted octanol–water partition coefficient (Wildman–Crippen LogP) is 2.85. The van der Waals surface area contributed by atoms with Crippen molar-refractivity contribution in [2.45, 2.75) is 77.3 Å². The second-order valence-corrected chi connectivity index (χ2v) is 11.6. The molecule has 41 heavy (non-hydrogen) atoms. The molecule has 2 rings (SSSR count). The lowest BCUT2D eigenvalue weighted by molar-refractivity contribution is -0.159. The lowest BCUT2D eigenvalue weighted by Crippen LogP contribution is -2.54. The van der Waals surface area contributed by atoms with Gasteiger partial charge in [0.15, 0.2) is 0 Å². The number of alkyl carbamates (subject to hydrolysis) is 1. The van der Waals surface area contributed by atoms with E-state index in [1.54, 1.807) is 41.5 Å². The van der Waals surface area contributed by atoms with E-state index in [2.05, 4.69) is 10.6 Å². The van der Waals surface area contributed by atoms with Crippen LogP contribution in [0.4, 0.5) is 4.79 Å². The molecule has 3 unspecified atom stereocenters. The molecule has 4 N–H and O–H groups in total. The molecule has 0 bridgehead atoms. The zero-order valence-corrected chi connectivity index (χ0v) is 24.6. The molecule has 224 valence electrons. The number of ether oxygens (including phenoxy) is 2. The highest BCUT2D eigenvalue weighted by Gasteiger charge is 2.36. The maximum Gasteiger partial charge on any atom is 0.408 e. The van der Waals surface area contributed by atoms with Crippen LogP contribution in [0.25, 0.3) is 0 Å². The number of rotatable bonds is 10. The Hall–Kier alpha value is -4.12. The van der Waals surface area contributed by atoms with Crippen molar-refractivity contribution in [3.8, 4) is 5.75 Å². The van der Waals surface area contributed by atoms with Gasteiger partial charge in [-0.3, -0.25) is 9.59 Å². The Morgan fingerprint density at radius 1 is 0.829 bits per heavy atom. The van der Waals surface area contributed by atoms with Crippen LogP contribution in [-0.4, -0.2) is 75.9 Å². The summed E-state index contributed by atoms with van der Waals surface area (Å²) >= 11 is 0. The predicted molar refractivity (Wildman–Crippen MR) is 152 cm³/mol. The Labute approximate surface area is 240 Å². The van der Waals surface area contributed by atoms with Crippen LogP contribution in [0, 0.1) is 0 Å². The van der Waals surface area contributed by atoms with Crippen LogP contribution in [0.3, 0.4) is 0 Å².